The third-order valence-corrected chi connectivity index (χ3v) is 7.11. The Morgan fingerprint density at radius 3 is 2.53 bits per heavy atom. The topological polar surface area (TPSA) is 81.4 Å². The molecule has 34 heavy (non-hydrogen) atoms. The number of aliphatic hydroxyl groups is 1. The second-order valence-corrected chi connectivity index (χ2v) is 8.84. The summed E-state index contributed by atoms with van der Waals surface area (Å²) < 4.78 is 22.0. The number of benzene rings is 3. The maximum Gasteiger partial charge on any atom is 0.379 e. The fourth-order valence-electron chi connectivity index (χ4n) is 5.57. The van der Waals surface area contributed by atoms with Gasteiger partial charge >= 0.3 is 5.97 Å². The Hall–Kier alpha value is -3.55. The number of carbonyl (C=O) groups is 1. The maximum atomic E-state index is 12.5. The number of hydrogen-bond donors (Lipinski definition) is 1. The molecular formula is C27H25NO6. The van der Waals surface area contributed by atoms with Crippen LogP contribution in [-0.2, 0) is 6.54 Å². The van der Waals surface area contributed by atoms with Crippen LogP contribution in [0.3, 0.4) is 0 Å². The van der Waals surface area contributed by atoms with Crippen LogP contribution in [0.2, 0.25) is 0 Å². The lowest BCUT2D eigenvalue weighted by molar-refractivity contribution is 0.0552. The van der Waals surface area contributed by atoms with Crippen LogP contribution in [0.15, 0.2) is 53.1 Å². The minimum atomic E-state index is -0.595. The standard InChI is InChI=1S/C27H25NO6/c1-31-23-12-18-17-11-15(34-27(30)22-6-4-10-33-22)7-8-16(17)25-20(19(18)13-24(23)32-2)14-28-9-3-5-21(28)26(25)29/h4,6-8,10-13,21,26,29H,3,5,9,14H2,1-2H3/t21-,26+/m0/s1. The number of esters is 1. The van der Waals surface area contributed by atoms with Crippen LogP contribution in [0.4, 0.5) is 0 Å². The minimum Gasteiger partial charge on any atom is -0.493 e. The van der Waals surface area contributed by atoms with E-state index in [1.54, 1.807) is 32.4 Å². The number of ether oxygens (including phenoxy) is 3. The van der Waals surface area contributed by atoms with Gasteiger partial charge in [0.25, 0.3) is 0 Å². The molecule has 174 valence electrons. The number of aliphatic hydroxyl groups excluding tert-OH is 1. The van der Waals surface area contributed by atoms with E-state index in [2.05, 4.69) is 4.90 Å². The third-order valence-electron chi connectivity index (χ3n) is 7.11. The van der Waals surface area contributed by atoms with Crippen molar-refractivity contribution in [3.8, 4) is 17.2 Å². The van der Waals surface area contributed by atoms with Gasteiger partial charge in [0.1, 0.15) is 5.75 Å². The number of rotatable bonds is 4. The molecule has 1 saturated heterocycles. The van der Waals surface area contributed by atoms with E-state index in [-0.39, 0.29) is 11.8 Å². The van der Waals surface area contributed by atoms with Crippen LogP contribution >= 0.6 is 0 Å². The number of furan rings is 1. The Morgan fingerprint density at radius 2 is 1.79 bits per heavy atom. The minimum absolute atomic E-state index is 0.116. The van der Waals surface area contributed by atoms with E-state index < -0.39 is 12.1 Å². The summed E-state index contributed by atoms with van der Waals surface area (Å²) in [7, 11) is 3.23. The van der Waals surface area contributed by atoms with E-state index in [1.807, 2.05) is 24.3 Å². The normalized spacial score (nSPS) is 19.7. The van der Waals surface area contributed by atoms with Gasteiger partial charge in [-0.15, -0.1) is 0 Å². The van der Waals surface area contributed by atoms with Gasteiger partial charge in [0.2, 0.25) is 5.76 Å². The molecule has 0 bridgehead atoms. The highest BCUT2D eigenvalue weighted by Gasteiger charge is 2.39. The average Bonchev–Trinajstić information content (AvgIpc) is 3.56. The molecule has 0 amide bonds. The summed E-state index contributed by atoms with van der Waals surface area (Å²) in [5.41, 5.74) is 2.05. The van der Waals surface area contributed by atoms with E-state index in [4.69, 9.17) is 18.6 Å². The highest BCUT2D eigenvalue weighted by molar-refractivity contribution is 6.12. The predicted octanol–water partition coefficient (Wildman–Crippen LogP) is 4.83. The van der Waals surface area contributed by atoms with Gasteiger partial charge in [-0.1, -0.05) is 6.07 Å². The molecule has 4 aromatic rings. The molecule has 7 heteroatoms. The zero-order valence-corrected chi connectivity index (χ0v) is 19.0. The van der Waals surface area contributed by atoms with Crippen LogP contribution in [0.1, 0.15) is 40.6 Å². The second-order valence-electron chi connectivity index (χ2n) is 8.84. The van der Waals surface area contributed by atoms with Crippen molar-refractivity contribution < 1.29 is 28.5 Å². The fraction of sp³-hybridized carbons (Fsp3) is 0.296. The van der Waals surface area contributed by atoms with Gasteiger partial charge in [0.05, 0.1) is 26.6 Å². The fourth-order valence-corrected chi connectivity index (χ4v) is 5.57. The molecule has 2 aliphatic rings. The SMILES string of the molecule is COc1cc2c3c(c4ccc(OC(=O)c5ccco5)cc4c2cc1OC)[C@H](O)[C@@H]1CCCN1C3. The van der Waals surface area contributed by atoms with Gasteiger partial charge in [0.15, 0.2) is 11.5 Å². The zero-order chi connectivity index (χ0) is 23.4. The summed E-state index contributed by atoms with van der Waals surface area (Å²) >= 11 is 0. The smallest absolute Gasteiger partial charge is 0.379 e. The summed E-state index contributed by atoms with van der Waals surface area (Å²) in [5, 5.41) is 15.2. The Balaban J connectivity index is 1.59. The Bertz CT molecular complexity index is 1410. The number of nitrogens with zero attached hydrogens (tertiary/aromatic N) is 1. The zero-order valence-electron chi connectivity index (χ0n) is 19.0. The van der Waals surface area contributed by atoms with Crippen molar-refractivity contribution in [2.45, 2.75) is 31.5 Å². The molecule has 0 saturated carbocycles. The van der Waals surface area contributed by atoms with Gasteiger partial charge in [-0.3, -0.25) is 4.90 Å². The lowest BCUT2D eigenvalue weighted by Crippen LogP contribution is -2.39. The summed E-state index contributed by atoms with van der Waals surface area (Å²) in [6.45, 7) is 1.75. The maximum absolute atomic E-state index is 12.5. The first-order valence-electron chi connectivity index (χ1n) is 11.4. The van der Waals surface area contributed by atoms with Crippen LogP contribution in [-0.4, -0.2) is 42.8 Å². The van der Waals surface area contributed by atoms with E-state index in [0.29, 0.717) is 17.2 Å². The first-order chi connectivity index (χ1) is 16.6. The molecular weight excluding hydrogens is 434 g/mol. The molecule has 1 N–H and O–H groups in total. The molecule has 3 aromatic carbocycles. The molecule has 0 aliphatic carbocycles. The lowest BCUT2D eigenvalue weighted by Gasteiger charge is -2.37. The van der Waals surface area contributed by atoms with E-state index in [9.17, 15) is 9.90 Å². The molecule has 7 nitrogen and oxygen atoms in total. The number of hydrogen-bond acceptors (Lipinski definition) is 7. The first-order valence-corrected chi connectivity index (χ1v) is 11.4. The van der Waals surface area contributed by atoms with Gasteiger partial charge in [0, 0.05) is 12.6 Å². The Kier molecular flexibility index (Phi) is 4.97. The van der Waals surface area contributed by atoms with E-state index in [0.717, 1.165) is 58.6 Å². The van der Waals surface area contributed by atoms with Crippen molar-refractivity contribution in [1.82, 2.24) is 4.90 Å². The molecule has 1 fully saturated rings. The molecule has 2 atom stereocenters. The van der Waals surface area contributed by atoms with Crippen molar-refractivity contribution in [1.29, 1.82) is 0 Å². The lowest BCUT2D eigenvalue weighted by atomic mass is 9.83. The number of methoxy groups -OCH3 is 2. The van der Waals surface area contributed by atoms with Crippen LogP contribution in [0, 0.1) is 0 Å². The van der Waals surface area contributed by atoms with Gasteiger partial charge in [-0.2, -0.15) is 0 Å². The summed E-state index contributed by atoms with van der Waals surface area (Å²) in [5.74, 6) is 1.23. The molecule has 1 aromatic heterocycles. The molecule has 0 unspecified atom stereocenters. The molecule has 6 rings (SSSR count). The van der Waals surface area contributed by atoms with Gasteiger partial charge in [-0.25, -0.2) is 4.79 Å². The predicted molar refractivity (Wildman–Crippen MR) is 127 cm³/mol. The molecule has 0 radical (unpaired) electrons. The van der Waals surface area contributed by atoms with Crippen molar-refractivity contribution in [3.63, 3.8) is 0 Å². The highest BCUT2D eigenvalue weighted by Crippen LogP contribution is 2.47. The summed E-state index contributed by atoms with van der Waals surface area (Å²) in [6.07, 6.45) is 2.90. The van der Waals surface area contributed by atoms with Crippen LogP contribution in [0.5, 0.6) is 17.2 Å². The summed E-state index contributed by atoms with van der Waals surface area (Å²) in [4.78, 5) is 14.8. The van der Waals surface area contributed by atoms with Crippen molar-refractivity contribution in [2.24, 2.45) is 0 Å². The average molecular weight is 459 g/mol. The first kappa shape index (κ1) is 21.0. The van der Waals surface area contributed by atoms with Crippen molar-refractivity contribution >= 4 is 27.5 Å². The Morgan fingerprint density at radius 1 is 1.03 bits per heavy atom. The highest BCUT2D eigenvalue weighted by atomic mass is 16.5. The van der Waals surface area contributed by atoms with Gasteiger partial charge < -0.3 is 23.7 Å². The molecule has 3 heterocycles. The summed E-state index contributed by atoms with van der Waals surface area (Å²) in [6, 6.07) is 12.8. The van der Waals surface area contributed by atoms with Crippen molar-refractivity contribution in [2.75, 3.05) is 20.8 Å². The molecule has 2 aliphatic heterocycles. The van der Waals surface area contributed by atoms with E-state index >= 15 is 0 Å². The third kappa shape index (κ3) is 3.15. The van der Waals surface area contributed by atoms with Gasteiger partial charge in [-0.05, 0) is 88.5 Å². The number of carbonyl (C=O) groups excluding carboxylic acids is 1. The largest absolute Gasteiger partial charge is 0.493 e. The van der Waals surface area contributed by atoms with Crippen molar-refractivity contribution in [3.05, 3.63) is 65.6 Å². The molecule has 0 spiro atoms. The van der Waals surface area contributed by atoms with Crippen LogP contribution in [0.25, 0.3) is 21.5 Å². The second kappa shape index (κ2) is 8.04. The number of fused-ring (bicyclic) bond motifs is 7. The monoisotopic (exact) mass is 459 g/mol. The Labute approximate surface area is 196 Å². The quantitative estimate of drug-likeness (QED) is 0.266. The van der Waals surface area contributed by atoms with Crippen LogP contribution < -0.4 is 14.2 Å². The van der Waals surface area contributed by atoms with E-state index in [1.165, 1.54) is 6.26 Å².